The third kappa shape index (κ3) is 2.84. The highest BCUT2D eigenvalue weighted by Crippen LogP contribution is 2.30. The molecule has 0 saturated carbocycles. The topological polar surface area (TPSA) is 78.9 Å². The lowest BCUT2D eigenvalue weighted by Crippen LogP contribution is -2.35. The molecule has 96 valence electrons. The van der Waals surface area contributed by atoms with Gasteiger partial charge in [0.1, 0.15) is 5.82 Å². The average Bonchev–Trinajstić information content (AvgIpc) is 2.65. The number of hydrogen-bond donors (Lipinski definition) is 2. The van der Waals surface area contributed by atoms with Crippen molar-refractivity contribution in [2.45, 2.75) is 47.0 Å². The fourth-order valence-electron chi connectivity index (χ4n) is 1.52. The lowest BCUT2D eigenvalue weighted by atomic mass is 9.76. The molecule has 1 unspecified atom stereocenters. The van der Waals surface area contributed by atoms with E-state index in [9.17, 15) is 9.90 Å². The molecule has 2 N–H and O–H groups in total. The van der Waals surface area contributed by atoms with Gasteiger partial charge in [-0.15, -0.1) is 0 Å². The molecule has 0 aliphatic heterocycles. The minimum Gasteiger partial charge on any atom is -0.481 e. The predicted molar refractivity (Wildman–Crippen MR) is 64.8 cm³/mol. The van der Waals surface area contributed by atoms with E-state index in [2.05, 4.69) is 15.2 Å². The van der Waals surface area contributed by atoms with Gasteiger partial charge in [-0.1, -0.05) is 27.7 Å². The second-order valence-electron chi connectivity index (χ2n) is 5.35. The van der Waals surface area contributed by atoms with Crippen LogP contribution in [0.3, 0.4) is 0 Å². The Morgan fingerprint density at radius 3 is 2.35 bits per heavy atom. The molecule has 0 radical (unpaired) electrons. The van der Waals surface area contributed by atoms with E-state index in [0.717, 1.165) is 5.82 Å². The van der Waals surface area contributed by atoms with Crippen LogP contribution in [0.1, 0.15) is 52.2 Å². The van der Waals surface area contributed by atoms with Crippen molar-refractivity contribution in [3.8, 4) is 0 Å². The van der Waals surface area contributed by atoms with Crippen LogP contribution in [0, 0.1) is 11.3 Å². The Morgan fingerprint density at radius 1 is 1.41 bits per heavy atom. The Bertz CT molecular complexity index is 398. The molecule has 1 rings (SSSR count). The summed E-state index contributed by atoms with van der Waals surface area (Å²) in [5, 5.41) is 16.2. The second kappa shape index (κ2) is 4.85. The summed E-state index contributed by atoms with van der Waals surface area (Å²) in [4.78, 5) is 15.7. The molecule has 0 bridgehead atoms. The number of nitrogens with zero attached hydrogens (tertiary/aromatic N) is 2. The highest BCUT2D eigenvalue weighted by atomic mass is 16.4. The molecule has 1 aromatic heterocycles. The maximum atomic E-state index is 11.3. The summed E-state index contributed by atoms with van der Waals surface area (Å²) >= 11 is 0. The summed E-state index contributed by atoms with van der Waals surface area (Å²) in [6.07, 6.45) is 0.375. The van der Waals surface area contributed by atoms with Gasteiger partial charge in [-0.25, -0.2) is 4.98 Å². The van der Waals surface area contributed by atoms with Crippen molar-refractivity contribution in [1.82, 2.24) is 15.2 Å². The van der Waals surface area contributed by atoms with Gasteiger partial charge in [-0.2, -0.15) is 5.10 Å². The normalized spacial score (nSPS) is 15.2. The van der Waals surface area contributed by atoms with E-state index in [1.165, 1.54) is 0 Å². The Morgan fingerprint density at radius 2 is 2.00 bits per heavy atom. The van der Waals surface area contributed by atoms with Crippen LogP contribution in [-0.2, 0) is 11.2 Å². The van der Waals surface area contributed by atoms with Crippen LogP contribution in [0.15, 0.2) is 0 Å². The Labute approximate surface area is 102 Å². The van der Waals surface area contributed by atoms with Crippen molar-refractivity contribution < 1.29 is 9.90 Å². The van der Waals surface area contributed by atoms with Gasteiger partial charge in [0.05, 0.1) is 5.41 Å². The molecule has 0 fully saturated rings. The number of carboxylic acids is 1. The molecule has 17 heavy (non-hydrogen) atoms. The maximum Gasteiger partial charge on any atom is 0.310 e. The molecular weight excluding hydrogens is 218 g/mol. The summed E-state index contributed by atoms with van der Waals surface area (Å²) in [7, 11) is 0. The highest BCUT2D eigenvalue weighted by molar-refractivity contribution is 5.74. The molecule has 1 atom stereocenters. The highest BCUT2D eigenvalue weighted by Gasteiger charge is 2.37. The molecule has 1 heterocycles. The minimum atomic E-state index is -0.812. The van der Waals surface area contributed by atoms with E-state index in [1.54, 1.807) is 6.92 Å². The van der Waals surface area contributed by atoms with E-state index in [1.807, 2.05) is 27.7 Å². The summed E-state index contributed by atoms with van der Waals surface area (Å²) < 4.78 is 0. The SMILES string of the molecule is CC(C)c1n[nH]c(CC(C)(C(=O)O)C(C)C)n1. The first kappa shape index (κ1) is 13.7. The fraction of sp³-hybridized carbons (Fsp3) is 0.750. The van der Waals surface area contributed by atoms with Gasteiger partial charge in [-0.05, 0) is 12.8 Å². The zero-order valence-corrected chi connectivity index (χ0v) is 11.1. The molecule has 0 aliphatic rings. The molecule has 0 saturated heterocycles. The summed E-state index contributed by atoms with van der Waals surface area (Å²) in [6.45, 7) is 9.58. The lowest BCUT2D eigenvalue weighted by molar-refractivity contribution is -0.150. The van der Waals surface area contributed by atoms with Crippen LogP contribution in [0.4, 0.5) is 0 Å². The third-order valence-electron chi connectivity index (χ3n) is 3.36. The van der Waals surface area contributed by atoms with Gasteiger partial charge in [0.2, 0.25) is 0 Å². The smallest absolute Gasteiger partial charge is 0.310 e. The van der Waals surface area contributed by atoms with Crippen molar-refractivity contribution in [3.05, 3.63) is 11.6 Å². The third-order valence-corrected chi connectivity index (χ3v) is 3.36. The Kier molecular flexibility index (Phi) is 3.91. The van der Waals surface area contributed by atoms with Crippen LogP contribution in [0.5, 0.6) is 0 Å². The van der Waals surface area contributed by atoms with Crippen LogP contribution < -0.4 is 0 Å². The van der Waals surface area contributed by atoms with E-state index >= 15 is 0 Å². The van der Waals surface area contributed by atoms with Gasteiger partial charge >= 0.3 is 5.97 Å². The van der Waals surface area contributed by atoms with Crippen molar-refractivity contribution >= 4 is 5.97 Å². The van der Waals surface area contributed by atoms with Crippen LogP contribution in [-0.4, -0.2) is 26.3 Å². The van der Waals surface area contributed by atoms with Gasteiger partial charge < -0.3 is 5.11 Å². The number of aromatic amines is 1. The average molecular weight is 239 g/mol. The van der Waals surface area contributed by atoms with E-state index in [4.69, 9.17) is 0 Å². The van der Waals surface area contributed by atoms with Crippen LogP contribution in [0.25, 0.3) is 0 Å². The molecule has 0 aromatic carbocycles. The van der Waals surface area contributed by atoms with Gasteiger partial charge in [0.15, 0.2) is 5.82 Å². The Balaban J connectivity index is 2.91. The number of H-pyrrole nitrogens is 1. The second-order valence-corrected chi connectivity index (χ2v) is 5.35. The van der Waals surface area contributed by atoms with E-state index < -0.39 is 11.4 Å². The molecule has 5 heteroatoms. The molecule has 0 spiro atoms. The number of hydrogen-bond acceptors (Lipinski definition) is 3. The Hall–Kier alpha value is -1.39. The van der Waals surface area contributed by atoms with Crippen molar-refractivity contribution in [3.63, 3.8) is 0 Å². The number of rotatable bonds is 5. The first-order valence-electron chi connectivity index (χ1n) is 5.92. The zero-order chi connectivity index (χ0) is 13.2. The number of carbonyl (C=O) groups is 1. The quantitative estimate of drug-likeness (QED) is 0.825. The molecular formula is C12H21N3O2. The minimum absolute atomic E-state index is 0.0348. The predicted octanol–water partition coefficient (Wildman–Crippen LogP) is 2.22. The molecule has 0 aliphatic carbocycles. The molecule has 0 amide bonds. The number of aromatic nitrogens is 3. The summed E-state index contributed by atoms with van der Waals surface area (Å²) in [5.41, 5.74) is -0.812. The van der Waals surface area contributed by atoms with Crippen LogP contribution >= 0.6 is 0 Å². The van der Waals surface area contributed by atoms with Gasteiger partial charge in [0, 0.05) is 12.3 Å². The fourth-order valence-corrected chi connectivity index (χ4v) is 1.52. The number of aliphatic carboxylic acids is 1. The largest absolute Gasteiger partial charge is 0.481 e. The standard InChI is InChI=1S/C12H21N3O2/c1-7(2)10-13-9(14-15-10)6-12(5,8(3)4)11(16)17/h7-8H,6H2,1-5H3,(H,16,17)(H,13,14,15). The van der Waals surface area contributed by atoms with Crippen molar-refractivity contribution in [2.75, 3.05) is 0 Å². The first-order valence-corrected chi connectivity index (χ1v) is 5.92. The van der Waals surface area contributed by atoms with E-state index in [0.29, 0.717) is 12.2 Å². The summed E-state index contributed by atoms with van der Waals surface area (Å²) in [6, 6.07) is 0. The number of carboxylic acid groups (broad SMARTS) is 1. The molecule has 5 nitrogen and oxygen atoms in total. The van der Waals surface area contributed by atoms with Crippen molar-refractivity contribution in [1.29, 1.82) is 0 Å². The van der Waals surface area contributed by atoms with Gasteiger partial charge in [-0.3, -0.25) is 9.89 Å². The first-order chi connectivity index (χ1) is 7.77. The zero-order valence-electron chi connectivity index (χ0n) is 11.1. The lowest BCUT2D eigenvalue weighted by Gasteiger charge is -2.27. The van der Waals surface area contributed by atoms with Gasteiger partial charge in [0.25, 0.3) is 0 Å². The monoisotopic (exact) mass is 239 g/mol. The maximum absolute atomic E-state index is 11.3. The van der Waals surface area contributed by atoms with Crippen molar-refractivity contribution in [2.24, 2.45) is 11.3 Å². The molecule has 1 aromatic rings. The summed E-state index contributed by atoms with van der Waals surface area (Å²) in [5.74, 6) is 0.863. The van der Waals surface area contributed by atoms with Crippen LogP contribution in [0.2, 0.25) is 0 Å². The van der Waals surface area contributed by atoms with E-state index in [-0.39, 0.29) is 11.8 Å². The number of nitrogens with one attached hydrogen (secondary N) is 1.